The first-order valence-corrected chi connectivity index (χ1v) is 8.53. The molecule has 1 heterocycles. The Hall–Kier alpha value is -1.40. The van der Waals surface area contributed by atoms with Crippen LogP contribution in [0.5, 0.6) is 0 Å². The van der Waals surface area contributed by atoms with Crippen LogP contribution in [0.15, 0.2) is 24.3 Å². The number of carbonyl (C=O) groups is 1. The maximum Gasteiger partial charge on any atom is 0.238 e. The number of aryl methyl sites for hydroxylation is 1. The molecular weight excluding hydrogens is 276 g/mol. The summed E-state index contributed by atoms with van der Waals surface area (Å²) in [4.78, 5) is 12.1. The van der Waals surface area contributed by atoms with Crippen molar-refractivity contribution in [1.82, 2.24) is 9.62 Å². The molecule has 0 radical (unpaired) electrons. The number of sulfonamides is 1. The van der Waals surface area contributed by atoms with Crippen LogP contribution in [0.3, 0.4) is 0 Å². The molecule has 0 spiro atoms. The average molecular weight is 296 g/mol. The first-order chi connectivity index (χ1) is 9.38. The minimum atomic E-state index is -3.31. The van der Waals surface area contributed by atoms with Gasteiger partial charge in [0.15, 0.2) is 0 Å². The van der Waals surface area contributed by atoms with E-state index in [9.17, 15) is 13.2 Å². The Morgan fingerprint density at radius 3 is 2.60 bits per heavy atom. The van der Waals surface area contributed by atoms with Gasteiger partial charge in [0.25, 0.3) is 0 Å². The summed E-state index contributed by atoms with van der Waals surface area (Å²) in [6.07, 6.45) is 2.47. The van der Waals surface area contributed by atoms with E-state index in [4.69, 9.17) is 0 Å². The SMILES string of the molecule is Cc1ccc(CNC(=O)C2CCCN2S(C)(=O)=O)cc1. The van der Waals surface area contributed by atoms with E-state index >= 15 is 0 Å². The zero-order valence-corrected chi connectivity index (χ0v) is 12.6. The Balaban J connectivity index is 1.96. The molecule has 1 atom stereocenters. The number of amides is 1. The van der Waals surface area contributed by atoms with Crippen LogP contribution in [-0.2, 0) is 21.4 Å². The number of rotatable bonds is 4. The molecule has 1 N–H and O–H groups in total. The number of hydrogen-bond acceptors (Lipinski definition) is 3. The second-order valence-electron chi connectivity index (χ2n) is 5.24. The van der Waals surface area contributed by atoms with Gasteiger partial charge in [-0.3, -0.25) is 4.79 Å². The predicted octanol–water partition coefficient (Wildman–Crippen LogP) is 1.04. The van der Waals surface area contributed by atoms with Crippen LogP contribution >= 0.6 is 0 Å². The molecule has 1 aromatic rings. The molecule has 0 aromatic heterocycles. The summed E-state index contributed by atoms with van der Waals surface area (Å²) in [5.74, 6) is -0.214. The van der Waals surface area contributed by atoms with Crippen LogP contribution in [0, 0.1) is 6.92 Å². The van der Waals surface area contributed by atoms with Crippen LogP contribution < -0.4 is 5.32 Å². The molecule has 1 aliphatic rings. The zero-order chi connectivity index (χ0) is 14.8. The Labute approximate surface area is 120 Å². The first-order valence-electron chi connectivity index (χ1n) is 6.68. The Morgan fingerprint density at radius 1 is 1.35 bits per heavy atom. The van der Waals surface area contributed by atoms with Crippen molar-refractivity contribution in [2.24, 2.45) is 0 Å². The van der Waals surface area contributed by atoms with Crippen molar-refractivity contribution in [3.63, 3.8) is 0 Å². The summed E-state index contributed by atoms with van der Waals surface area (Å²) in [7, 11) is -3.31. The molecule has 20 heavy (non-hydrogen) atoms. The first kappa shape index (κ1) is 15.0. The Morgan fingerprint density at radius 2 is 2.00 bits per heavy atom. The summed E-state index contributed by atoms with van der Waals surface area (Å²) in [6.45, 7) is 2.86. The smallest absolute Gasteiger partial charge is 0.238 e. The third-order valence-electron chi connectivity index (χ3n) is 3.52. The molecule has 0 aliphatic carbocycles. The van der Waals surface area contributed by atoms with Gasteiger partial charge in [-0.15, -0.1) is 0 Å². The summed E-state index contributed by atoms with van der Waals surface area (Å²) in [6, 6.07) is 7.33. The molecule has 0 saturated carbocycles. The fourth-order valence-electron chi connectivity index (χ4n) is 2.41. The summed E-state index contributed by atoms with van der Waals surface area (Å²) >= 11 is 0. The lowest BCUT2D eigenvalue weighted by Crippen LogP contribution is -2.45. The highest BCUT2D eigenvalue weighted by molar-refractivity contribution is 7.88. The molecule has 6 heteroatoms. The topological polar surface area (TPSA) is 66.5 Å². The minimum Gasteiger partial charge on any atom is -0.351 e. The quantitative estimate of drug-likeness (QED) is 0.902. The Bertz CT molecular complexity index is 581. The number of hydrogen-bond donors (Lipinski definition) is 1. The van der Waals surface area contributed by atoms with Crippen molar-refractivity contribution in [2.75, 3.05) is 12.8 Å². The monoisotopic (exact) mass is 296 g/mol. The summed E-state index contributed by atoms with van der Waals surface area (Å²) < 4.78 is 24.5. The van der Waals surface area contributed by atoms with Gasteiger partial charge in [0.1, 0.15) is 6.04 Å². The van der Waals surface area contributed by atoms with Crippen LogP contribution in [-0.4, -0.2) is 37.5 Å². The standard InChI is InChI=1S/C14H20N2O3S/c1-11-5-7-12(8-6-11)10-15-14(17)13-4-3-9-16(13)20(2,18)19/h5-8,13H,3-4,9-10H2,1-2H3,(H,15,17). The number of nitrogens with zero attached hydrogens (tertiary/aromatic N) is 1. The van der Waals surface area contributed by atoms with Crippen LogP contribution in [0.25, 0.3) is 0 Å². The summed E-state index contributed by atoms with van der Waals surface area (Å²) in [5, 5.41) is 2.82. The predicted molar refractivity (Wildman–Crippen MR) is 77.6 cm³/mol. The molecule has 1 fully saturated rings. The van der Waals surface area contributed by atoms with Crippen LogP contribution in [0.2, 0.25) is 0 Å². The van der Waals surface area contributed by atoms with Gasteiger partial charge >= 0.3 is 0 Å². The lowest BCUT2D eigenvalue weighted by atomic mass is 10.1. The lowest BCUT2D eigenvalue weighted by Gasteiger charge is -2.21. The van der Waals surface area contributed by atoms with Gasteiger partial charge in [0.05, 0.1) is 6.26 Å². The van der Waals surface area contributed by atoms with Crippen molar-refractivity contribution in [1.29, 1.82) is 0 Å². The number of nitrogens with one attached hydrogen (secondary N) is 1. The van der Waals surface area contributed by atoms with Gasteiger partial charge < -0.3 is 5.32 Å². The second kappa shape index (κ2) is 5.93. The third-order valence-corrected chi connectivity index (χ3v) is 4.81. The van der Waals surface area contributed by atoms with E-state index in [1.54, 1.807) is 0 Å². The molecule has 1 amide bonds. The number of carbonyl (C=O) groups excluding carboxylic acids is 1. The lowest BCUT2D eigenvalue weighted by molar-refractivity contribution is -0.124. The van der Waals surface area contributed by atoms with Gasteiger partial charge in [0.2, 0.25) is 15.9 Å². The van der Waals surface area contributed by atoms with Crippen molar-refractivity contribution in [3.8, 4) is 0 Å². The average Bonchev–Trinajstić information content (AvgIpc) is 2.87. The van der Waals surface area contributed by atoms with E-state index < -0.39 is 16.1 Å². The minimum absolute atomic E-state index is 0.214. The molecule has 5 nitrogen and oxygen atoms in total. The van der Waals surface area contributed by atoms with E-state index in [1.165, 1.54) is 9.87 Å². The fourth-order valence-corrected chi connectivity index (χ4v) is 3.54. The normalized spacial score (nSPS) is 20.0. The fraction of sp³-hybridized carbons (Fsp3) is 0.500. The van der Waals surface area contributed by atoms with Crippen LogP contribution in [0.1, 0.15) is 24.0 Å². The highest BCUT2D eigenvalue weighted by Gasteiger charge is 2.36. The molecule has 1 unspecified atom stereocenters. The van der Waals surface area contributed by atoms with E-state index in [-0.39, 0.29) is 5.91 Å². The molecule has 1 aromatic carbocycles. The van der Waals surface area contributed by atoms with E-state index in [0.717, 1.165) is 18.2 Å². The number of benzene rings is 1. The van der Waals surface area contributed by atoms with Crippen molar-refractivity contribution in [2.45, 2.75) is 32.4 Å². The van der Waals surface area contributed by atoms with Crippen molar-refractivity contribution < 1.29 is 13.2 Å². The van der Waals surface area contributed by atoms with Gasteiger partial charge in [0, 0.05) is 13.1 Å². The van der Waals surface area contributed by atoms with Gasteiger partial charge in [-0.2, -0.15) is 4.31 Å². The molecule has 2 rings (SSSR count). The second-order valence-corrected chi connectivity index (χ2v) is 7.17. The largest absolute Gasteiger partial charge is 0.351 e. The molecule has 110 valence electrons. The van der Waals surface area contributed by atoms with Gasteiger partial charge in [-0.05, 0) is 25.3 Å². The maximum absolute atomic E-state index is 12.1. The molecule has 1 saturated heterocycles. The van der Waals surface area contributed by atoms with E-state index in [0.29, 0.717) is 19.5 Å². The molecule has 1 aliphatic heterocycles. The molecule has 0 bridgehead atoms. The van der Waals surface area contributed by atoms with Gasteiger partial charge in [-0.25, -0.2) is 8.42 Å². The third kappa shape index (κ3) is 3.58. The van der Waals surface area contributed by atoms with Crippen molar-refractivity contribution in [3.05, 3.63) is 35.4 Å². The summed E-state index contributed by atoms with van der Waals surface area (Å²) in [5.41, 5.74) is 2.17. The molecular formula is C14H20N2O3S. The Kier molecular flexibility index (Phi) is 4.45. The van der Waals surface area contributed by atoms with Crippen LogP contribution in [0.4, 0.5) is 0 Å². The zero-order valence-electron chi connectivity index (χ0n) is 11.8. The van der Waals surface area contributed by atoms with Crippen molar-refractivity contribution >= 4 is 15.9 Å². The highest BCUT2D eigenvalue weighted by atomic mass is 32.2. The maximum atomic E-state index is 12.1. The van der Waals surface area contributed by atoms with E-state index in [2.05, 4.69) is 5.32 Å². The van der Waals surface area contributed by atoms with E-state index in [1.807, 2.05) is 31.2 Å². The van der Waals surface area contributed by atoms with Gasteiger partial charge in [-0.1, -0.05) is 29.8 Å². The highest BCUT2D eigenvalue weighted by Crippen LogP contribution is 2.20.